The van der Waals surface area contributed by atoms with Crippen molar-refractivity contribution in [3.05, 3.63) is 42.1 Å². The van der Waals surface area contributed by atoms with E-state index in [1.165, 1.54) is 0 Å². The van der Waals surface area contributed by atoms with Gasteiger partial charge in [-0.25, -0.2) is 9.50 Å². The van der Waals surface area contributed by atoms with Crippen molar-refractivity contribution < 1.29 is 4.79 Å². The Kier molecular flexibility index (Phi) is 2.90. The number of nitrogens with two attached hydrogens (primary N) is 1. The fourth-order valence-electron chi connectivity index (χ4n) is 2.23. The first-order chi connectivity index (χ1) is 9.72. The standard InChI is InChI=1S/C14H15N5O/c1-2-16-14-11(9-6-4-3-5-7-9)18-13-10(12(15)20)8-17-19(13)14/h3-8,16-17H,2H2,1H3,(H2,15,20). The molecule has 0 unspecified atom stereocenters. The fourth-order valence-corrected chi connectivity index (χ4v) is 2.23. The van der Waals surface area contributed by atoms with Crippen LogP contribution in [-0.2, 0) is 0 Å². The molecule has 2 aromatic heterocycles. The van der Waals surface area contributed by atoms with Gasteiger partial charge in [-0.1, -0.05) is 30.3 Å². The third kappa shape index (κ3) is 1.82. The van der Waals surface area contributed by atoms with Crippen LogP contribution in [0.1, 0.15) is 17.3 Å². The molecule has 0 saturated heterocycles. The molecule has 0 bridgehead atoms. The minimum Gasteiger partial charge on any atom is -0.368 e. The van der Waals surface area contributed by atoms with Gasteiger partial charge in [0.05, 0.1) is 0 Å². The van der Waals surface area contributed by atoms with E-state index in [4.69, 9.17) is 5.73 Å². The van der Waals surface area contributed by atoms with E-state index >= 15 is 0 Å². The number of aromatic nitrogens is 3. The second-order valence-corrected chi connectivity index (χ2v) is 4.42. The number of primary amides is 1. The van der Waals surface area contributed by atoms with Crippen molar-refractivity contribution in [2.45, 2.75) is 6.92 Å². The van der Waals surface area contributed by atoms with E-state index in [2.05, 4.69) is 15.4 Å². The van der Waals surface area contributed by atoms with E-state index < -0.39 is 5.91 Å². The smallest absolute Gasteiger partial charge is 0.254 e. The lowest BCUT2D eigenvalue weighted by Crippen LogP contribution is -2.10. The molecule has 0 aliphatic heterocycles. The molecule has 20 heavy (non-hydrogen) atoms. The average molecular weight is 269 g/mol. The summed E-state index contributed by atoms with van der Waals surface area (Å²) in [5, 5.41) is 6.27. The second kappa shape index (κ2) is 4.73. The molecule has 1 aromatic carbocycles. The molecule has 2 heterocycles. The van der Waals surface area contributed by atoms with Crippen LogP contribution in [0.25, 0.3) is 16.9 Å². The molecule has 0 saturated carbocycles. The Morgan fingerprint density at radius 3 is 2.80 bits per heavy atom. The third-order valence-electron chi connectivity index (χ3n) is 3.11. The molecular formula is C14H15N5O. The van der Waals surface area contributed by atoms with Crippen molar-refractivity contribution in [3.63, 3.8) is 0 Å². The van der Waals surface area contributed by atoms with Gasteiger partial charge in [-0.2, -0.15) is 0 Å². The molecule has 6 nitrogen and oxygen atoms in total. The maximum Gasteiger partial charge on any atom is 0.254 e. The molecule has 102 valence electrons. The summed E-state index contributed by atoms with van der Waals surface area (Å²) in [7, 11) is 0. The zero-order valence-corrected chi connectivity index (χ0v) is 11.1. The van der Waals surface area contributed by atoms with Gasteiger partial charge in [0.2, 0.25) is 0 Å². The minimum atomic E-state index is -0.496. The molecule has 0 aliphatic rings. The first kappa shape index (κ1) is 12.3. The number of nitrogens with zero attached hydrogens (tertiary/aromatic N) is 2. The Hall–Kier alpha value is -2.76. The molecule has 0 radical (unpaired) electrons. The van der Waals surface area contributed by atoms with Crippen molar-refractivity contribution in [2.75, 3.05) is 11.9 Å². The van der Waals surface area contributed by atoms with Crippen LogP contribution < -0.4 is 11.1 Å². The summed E-state index contributed by atoms with van der Waals surface area (Å²) in [5.41, 5.74) is 8.05. The summed E-state index contributed by atoms with van der Waals surface area (Å²) in [4.78, 5) is 16.0. The first-order valence-corrected chi connectivity index (χ1v) is 6.41. The number of hydrogen-bond donors (Lipinski definition) is 3. The van der Waals surface area contributed by atoms with Crippen LogP contribution in [0.2, 0.25) is 0 Å². The maximum atomic E-state index is 11.4. The van der Waals surface area contributed by atoms with Crippen molar-refractivity contribution >= 4 is 17.4 Å². The molecule has 6 heteroatoms. The molecule has 3 aromatic rings. The summed E-state index contributed by atoms with van der Waals surface area (Å²) < 4.78 is 1.74. The van der Waals surface area contributed by atoms with Gasteiger partial charge >= 0.3 is 0 Å². The van der Waals surface area contributed by atoms with Crippen LogP contribution in [0.5, 0.6) is 0 Å². The Labute approximate surface area is 115 Å². The van der Waals surface area contributed by atoms with Crippen LogP contribution in [0.15, 0.2) is 36.5 Å². The van der Waals surface area contributed by atoms with E-state index in [-0.39, 0.29) is 0 Å². The number of nitrogens with one attached hydrogen (secondary N) is 2. The van der Waals surface area contributed by atoms with Gasteiger partial charge < -0.3 is 11.1 Å². The van der Waals surface area contributed by atoms with Crippen molar-refractivity contribution in [3.8, 4) is 11.3 Å². The highest BCUT2D eigenvalue weighted by Crippen LogP contribution is 2.29. The molecule has 0 aliphatic carbocycles. The number of fused-ring (bicyclic) bond motifs is 1. The molecule has 3 rings (SSSR count). The number of imidazole rings is 1. The third-order valence-corrected chi connectivity index (χ3v) is 3.11. The van der Waals surface area contributed by atoms with Gasteiger partial charge in [0.25, 0.3) is 5.91 Å². The molecule has 0 fully saturated rings. The number of anilines is 1. The van der Waals surface area contributed by atoms with Crippen molar-refractivity contribution in [1.82, 2.24) is 14.6 Å². The summed E-state index contributed by atoms with van der Waals surface area (Å²) in [6.07, 6.45) is 1.57. The molecule has 4 N–H and O–H groups in total. The van der Waals surface area contributed by atoms with E-state index in [1.807, 2.05) is 37.3 Å². The Balaban J connectivity index is 2.26. The number of aromatic amines is 1. The van der Waals surface area contributed by atoms with Crippen LogP contribution in [0, 0.1) is 0 Å². The number of carbonyl (C=O) groups excluding carboxylic acids is 1. The van der Waals surface area contributed by atoms with Gasteiger partial charge in [-0.3, -0.25) is 9.89 Å². The topological polar surface area (TPSA) is 88.2 Å². The SMILES string of the molecule is CCNc1c(-c2ccccc2)nc2c(C(N)=O)c[nH]n12. The number of carbonyl (C=O) groups is 1. The van der Waals surface area contributed by atoms with Crippen molar-refractivity contribution in [2.24, 2.45) is 5.73 Å². The largest absolute Gasteiger partial charge is 0.368 e. The highest BCUT2D eigenvalue weighted by molar-refractivity contribution is 5.99. The van der Waals surface area contributed by atoms with E-state index in [9.17, 15) is 4.79 Å². The van der Waals surface area contributed by atoms with Crippen molar-refractivity contribution in [1.29, 1.82) is 0 Å². The maximum absolute atomic E-state index is 11.4. The number of benzene rings is 1. The lowest BCUT2D eigenvalue weighted by molar-refractivity contribution is 0.100. The molecule has 1 amide bonds. The first-order valence-electron chi connectivity index (χ1n) is 6.41. The van der Waals surface area contributed by atoms with Gasteiger partial charge in [0, 0.05) is 18.3 Å². The Morgan fingerprint density at radius 1 is 1.40 bits per heavy atom. The monoisotopic (exact) mass is 269 g/mol. The fraction of sp³-hybridized carbons (Fsp3) is 0.143. The zero-order chi connectivity index (χ0) is 14.1. The van der Waals surface area contributed by atoms with Crippen LogP contribution in [-0.4, -0.2) is 27.0 Å². The number of hydrogen-bond acceptors (Lipinski definition) is 3. The van der Waals surface area contributed by atoms with E-state index in [0.717, 1.165) is 23.6 Å². The van der Waals surface area contributed by atoms with Crippen LogP contribution >= 0.6 is 0 Å². The summed E-state index contributed by atoms with van der Waals surface area (Å²) in [6.45, 7) is 2.75. The number of rotatable bonds is 4. The van der Waals surface area contributed by atoms with Gasteiger partial charge in [0.15, 0.2) is 11.5 Å². The minimum absolute atomic E-state index is 0.381. The predicted octanol–water partition coefficient (Wildman–Crippen LogP) is 1.86. The quantitative estimate of drug-likeness (QED) is 0.675. The summed E-state index contributed by atoms with van der Waals surface area (Å²) in [6, 6.07) is 9.81. The number of H-pyrrole nitrogens is 1. The summed E-state index contributed by atoms with van der Waals surface area (Å²) in [5.74, 6) is 0.324. The van der Waals surface area contributed by atoms with E-state index in [0.29, 0.717) is 11.2 Å². The van der Waals surface area contributed by atoms with Gasteiger partial charge in [-0.05, 0) is 6.92 Å². The molecule has 0 spiro atoms. The number of amides is 1. The lowest BCUT2D eigenvalue weighted by Gasteiger charge is -2.04. The average Bonchev–Trinajstić information content (AvgIpc) is 3.00. The summed E-state index contributed by atoms with van der Waals surface area (Å²) >= 11 is 0. The van der Waals surface area contributed by atoms with E-state index in [1.54, 1.807) is 10.7 Å². The molecular weight excluding hydrogens is 254 g/mol. The van der Waals surface area contributed by atoms with Gasteiger partial charge in [-0.15, -0.1) is 0 Å². The van der Waals surface area contributed by atoms with Crippen LogP contribution in [0.3, 0.4) is 0 Å². The van der Waals surface area contributed by atoms with Gasteiger partial charge in [0.1, 0.15) is 11.3 Å². The second-order valence-electron chi connectivity index (χ2n) is 4.42. The highest BCUT2D eigenvalue weighted by Gasteiger charge is 2.19. The molecule has 0 atom stereocenters. The Bertz CT molecular complexity index is 757. The Morgan fingerprint density at radius 2 is 2.15 bits per heavy atom. The zero-order valence-electron chi connectivity index (χ0n) is 11.1. The van der Waals surface area contributed by atoms with Crippen LogP contribution in [0.4, 0.5) is 5.82 Å². The normalized spacial score (nSPS) is 10.8. The lowest BCUT2D eigenvalue weighted by atomic mass is 10.1. The highest BCUT2D eigenvalue weighted by atomic mass is 16.1. The predicted molar refractivity (Wildman–Crippen MR) is 77.7 cm³/mol.